The molecule has 4 N–H and O–H groups in total. The lowest BCUT2D eigenvalue weighted by molar-refractivity contribution is -0.135. The summed E-state index contributed by atoms with van der Waals surface area (Å²) in [5.41, 5.74) is 6.66. The summed E-state index contributed by atoms with van der Waals surface area (Å²) in [6.45, 7) is -0.113. The number of nitrogens with one attached hydrogen (secondary N) is 1. The van der Waals surface area contributed by atoms with Crippen LogP contribution in [-0.2, 0) is 16.1 Å². The van der Waals surface area contributed by atoms with Crippen LogP contribution in [0.4, 0.5) is 10.9 Å². The number of thiazole rings is 1. The third-order valence-electron chi connectivity index (χ3n) is 3.42. The van der Waals surface area contributed by atoms with Crippen molar-refractivity contribution in [3.63, 3.8) is 0 Å². The van der Waals surface area contributed by atoms with Gasteiger partial charge in [-0.3, -0.25) is 19.3 Å². The van der Waals surface area contributed by atoms with Gasteiger partial charge in [0.2, 0.25) is 5.91 Å². The minimum atomic E-state index is -1.18. The predicted molar refractivity (Wildman–Crippen MR) is 103 cm³/mol. The van der Waals surface area contributed by atoms with Crippen molar-refractivity contribution in [3.8, 4) is 0 Å². The third-order valence-corrected chi connectivity index (χ3v) is 4.17. The predicted octanol–water partition coefficient (Wildman–Crippen LogP) is 0.833. The number of nitrogens with zero attached hydrogens (tertiary/aromatic N) is 3. The molecule has 2 amide bonds. The molecule has 0 unspecified atom stereocenters. The van der Waals surface area contributed by atoms with Gasteiger partial charge in [0.25, 0.3) is 5.91 Å². The lowest BCUT2D eigenvalue weighted by Crippen LogP contribution is -2.36. The number of rotatable bonds is 8. The number of hydrogen-bond donors (Lipinski definition) is 3. The zero-order valence-corrected chi connectivity index (χ0v) is 15.8. The molecule has 144 valence electrons. The highest BCUT2D eigenvalue weighted by molar-refractivity contribution is 7.14. The second-order valence-electron chi connectivity index (χ2n) is 5.99. The molecule has 2 rings (SSSR count). The van der Waals surface area contributed by atoms with E-state index in [1.807, 2.05) is 0 Å². The van der Waals surface area contributed by atoms with E-state index in [1.54, 1.807) is 43.3 Å². The molecule has 0 radical (unpaired) electrons. The van der Waals surface area contributed by atoms with E-state index in [9.17, 15) is 19.5 Å². The van der Waals surface area contributed by atoms with Crippen molar-refractivity contribution in [1.82, 2.24) is 9.88 Å². The summed E-state index contributed by atoms with van der Waals surface area (Å²) in [6, 6.07) is 6.66. The van der Waals surface area contributed by atoms with Crippen molar-refractivity contribution >= 4 is 40.1 Å². The highest BCUT2D eigenvalue weighted by Gasteiger charge is 2.23. The van der Waals surface area contributed by atoms with Crippen molar-refractivity contribution in [2.24, 2.45) is 5.73 Å². The number of nitrogens with two attached hydrogens (primary N) is 1. The molecule has 2 aromatic rings. The molecule has 1 heterocycles. The van der Waals surface area contributed by atoms with E-state index >= 15 is 0 Å². The van der Waals surface area contributed by atoms with Gasteiger partial charge in [-0.2, -0.15) is 0 Å². The Morgan fingerprint density at radius 2 is 2.00 bits per heavy atom. The van der Waals surface area contributed by atoms with Crippen molar-refractivity contribution in [2.45, 2.75) is 6.54 Å². The first kappa shape index (κ1) is 20.5. The molecule has 27 heavy (non-hydrogen) atoms. The number of aromatic nitrogens is 1. The zero-order valence-electron chi connectivity index (χ0n) is 15.0. The fourth-order valence-electron chi connectivity index (χ4n) is 2.27. The van der Waals surface area contributed by atoms with Crippen LogP contribution in [0.25, 0.3) is 0 Å². The van der Waals surface area contributed by atoms with Crippen LogP contribution in [0.1, 0.15) is 15.9 Å². The summed E-state index contributed by atoms with van der Waals surface area (Å²) in [5.74, 6) is -1.79. The Morgan fingerprint density at radius 1 is 1.26 bits per heavy atom. The van der Waals surface area contributed by atoms with E-state index in [0.717, 1.165) is 21.8 Å². The highest BCUT2D eigenvalue weighted by atomic mass is 32.1. The Morgan fingerprint density at radius 3 is 2.63 bits per heavy atom. The van der Waals surface area contributed by atoms with Gasteiger partial charge in [0.15, 0.2) is 5.13 Å². The van der Waals surface area contributed by atoms with E-state index in [0.29, 0.717) is 5.56 Å². The highest BCUT2D eigenvalue weighted by Crippen LogP contribution is 2.24. The summed E-state index contributed by atoms with van der Waals surface area (Å²) in [6.07, 6.45) is 0. The first-order chi connectivity index (χ1) is 12.8. The Hall–Kier alpha value is -2.82. The second kappa shape index (κ2) is 9.21. The molecule has 0 aliphatic rings. The Bertz CT molecular complexity index is 836. The SMILES string of the molecule is CN(C)CC(=O)Nc1nc(N(CC(=O)O)C(=O)c2cccc(CN)c2)cs1. The molecule has 0 fully saturated rings. The van der Waals surface area contributed by atoms with Gasteiger partial charge in [-0.25, -0.2) is 4.98 Å². The Balaban J connectivity index is 2.24. The summed E-state index contributed by atoms with van der Waals surface area (Å²) in [5, 5.41) is 13.6. The maximum Gasteiger partial charge on any atom is 0.323 e. The first-order valence-electron chi connectivity index (χ1n) is 8.03. The minimum absolute atomic E-state index is 0.158. The van der Waals surface area contributed by atoms with Gasteiger partial charge in [0.05, 0.1) is 6.54 Å². The third kappa shape index (κ3) is 5.84. The van der Waals surface area contributed by atoms with Crippen LogP contribution in [0.3, 0.4) is 0 Å². The average Bonchev–Trinajstić information content (AvgIpc) is 3.06. The number of hydrogen-bond acceptors (Lipinski definition) is 7. The van der Waals surface area contributed by atoms with Crippen molar-refractivity contribution in [3.05, 3.63) is 40.8 Å². The maximum absolute atomic E-state index is 12.8. The molecule has 0 atom stereocenters. The van der Waals surface area contributed by atoms with Crippen LogP contribution in [0, 0.1) is 0 Å². The largest absolute Gasteiger partial charge is 0.480 e. The van der Waals surface area contributed by atoms with Crippen LogP contribution in [0.2, 0.25) is 0 Å². The fraction of sp³-hybridized carbons (Fsp3) is 0.294. The van der Waals surface area contributed by atoms with E-state index in [4.69, 9.17) is 5.73 Å². The molecule has 0 saturated carbocycles. The number of benzene rings is 1. The van der Waals surface area contributed by atoms with Gasteiger partial charge in [-0.15, -0.1) is 11.3 Å². The van der Waals surface area contributed by atoms with Crippen LogP contribution >= 0.6 is 11.3 Å². The molecule has 1 aromatic heterocycles. The summed E-state index contributed by atoms with van der Waals surface area (Å²) in [4.78, 5) is 42.8. The molecule has 0 bridgehead atoms. The van der Waals surface area contributed by atoms with Crippen LogP contribution in [0.5, 0.6) is 0 Å². The van der Waals surface area contributed by atoms with Crippen molar-refractivity contribution < 1.29 is 19.5 Å². The van der Waals surface area contributed by atoms with Gasteiger partial charge < -0.3 is 21.1 Å². The molecule has 1 aromatic carbocycles. The number of carboxylic acids is 1. The van der Waals surface area contributed by atoms with Crippen molar-refractivity contribution in [1.29, 1.82) is 0 Å². The number of likely N-dealkylation sites (N-methyl/N-ethyl adjacent to an activating group) is 1. The monoisotopic (exact) mass is 391 g/mol. The molecule has 9 nitrogen and oxygen atoms in total. The number of carbonyl (C=O) groups is 3. The van der Waals surface area contributed by atoms with E-state index in [2.05, 4.69) is 10.3 Å². The van der Waals surface area contributed by atoms with Gasteiger partial charge in [0, 0.05) is 17.5 Å². The number of anilines is 2. The molecule has 0 aliphatic carbocycles. The Labute approximate surface area is 160 Å². The first-order valence-corrected chi connectivity index (χ1v) is 8.91. The summed E-state index contributed by atoms with van der Waals surface area (Å²) >= 11 is 1.11. The molecule has 10 heteroatoms. The van der Waals surface area contributed by atoms with Gasteiger partial charge in [-0.05, 0) is 31.8 Å². The number of carbonyl (C=O) groups excluding carboxylic acids is 2. The van der Waals surface area contributed by atoms with E-state index in [-0.39, 0.29) is 29.9 Å². The topological polar surface area (TPSA) is 129 Å². The number of amides is 2. The summed E-state index contributed by atoms with van der Waals surface area (Å²) in [7, 11) is 3.52. The van der Waals surface area contributed by atoms with Crippen molar-refractivity contribution in [2.75, 3.05) is 37.4 Å². The molecule has 0 aliphatic heterocycles. The second-order valence-corrected chi connectivity index (χ2v) is 6.84. The standard InChI is InChI=1S/C17H21N5O4S/c1-21(2)8-14(23)20-17-19-13(10-27-17)22(9-15(24)25)16(26)12-5-3-4-11(6-12)7-18/h3-6,10H,7-9,18H2,1-2H3,(H,24,25)(H,19,20,23). The maximum atomic E-state index is 12.8. The summed E-state index contributed by atoms with van der Waals surface area (Å²) < 4.78 is 0. The fourth-order valence-corrected chi connectivity index (χ4v) is 2.99. The normalized spacial score (nSPS) is 10.7. The van der Waals surface area contributed by atoms with Gasteiger partial charge in [0.1, 0.15) is 12.4 Å². The Kier molecular flexibility index (Phi) is 6.99. The number of carboxylic acid groups (broad SMARTS) is 1. The van der Waals surface area contributed by atoms with Gasteiger partial charge in [-0.1, -0.05) is 12.1 Å². The number of aliphatic carboxylic acids is 1. The van der Waals surface area contributed by atoms with E-state index in [1.165, 1.54) is 5.38 Å². The average molecular weight is 391 g/mol. The molecule has 0 spiro atoms. The van der Waals surface area contributed by atoms with Crippen LogP contribution in [-0.4, -0.2) is 60.0 Å². The van der Waals surface area contributed by atoms with Gasteiger partial charge >= 0.3 is 5.97 Å². The molecular weight excluding hydrogens is 370 g/mol. The minimum Gasteiger partial charge on any atom is -0.480 e. The van der Waals surface area contributed by atoms with Crippen LogP contribution in [0.15, 0.2) is 29.6 Å². The molecule has 0 saturated heterocycles. The zero-order chi connectivity index (χ0) is 20.0. The smallest absolute Gasteiger partial charge is 0.323 e. The lowest BCUT2D eigenvalue weighted by Gasteiger charge is -2.18. The van der Waals surface area contributed by atoms with E-state index < -0.39 is 18.4 Å². The lowest BCUT2D eigenvalue weighted by atomic mass is 10.1. The molecular formula is C17H21N5O4S. The van der Waals surface area contributed by atoms with Crippen LogP contribution < -0.4 is 16.0 Å². The quantitative estimate of drug-likeness (QED) is 0.608.